The Bertz CT molecular complexity index is 48.8. The first kappa shape index (κ1) is 9.88. The molecule has 0 unspecified atom stereocenters. The van der Waals surface area contributed by atoms with Crippen LogP contribution in [0.25, 0.3) is 0 Å². The van der Waals surface area contributed by atoms with Gasteiger partial charge in [-0.1, -0.05) is 19.3 Å². The average molecular weight is 148 g/mol. The molecule has 62 valence electrons. The van der Waals surface area contributed by atoms with Crippen molar-refractivity contribution in [2.24, 2.45) is 0 Å². The fourth-order valence-corrected chi connectivity index (χ4v) is 0.809. The quantitative estimate of drug-likeness (QED) is 0.326. The zero-order chi connectivity index (χ0) is 7.66. The van der Waals surface area contributed by atoms with Gasteiger partial charge in [0.15, 0.2) is 0 Å². The Labute approximate surface area is 61.6 Å². The zero-order valence-corrected chi connectivity index (χ0v) is 6.25. The van der Waals surface area contributed by atoms with E-state index in [1.807, 2.05) is 0 Å². The van der Waals surface area contributed by atoms with E-state index in [9.17, 15) is 0 Å². The molecule has 0 spiro atoms. The molecule has 0 aliphatic carbocycles. The summed E-state index contributed by atoms with van der Waals surface area (Å²) in [6, 6.07) is 0. The standard InChI is InChI=1S/C7H16O3/c8-6-4-2-1-3-5-7-10-9/h8-9H,1-7H2. The van der Waals surface area contributed by atoms with E-state index in [0.717, 1.165) is 32.1 Å². The molecule has 0 aromatic heterocycles. The minimum absolute atomic E-state index is 0.288. The van der Waals surface area contributed by atoms with Crippen LogP contribution in [-0.4, -0.2) is 23.6 Å². The maximum Gasteiger partial charge on any atom is 0.0819 e. The molecule has 0 saturated heterocycles. The normalized spacial score (nSPS) is 10.2. The maximum absolute atomic E-state index is 8.40. The van der Waals surface area contributed by atoms with Crippen LogP contribution in [0.4, 0.5) is 0 Å². The SMILES string of the molecule is OCCCCCCCOO. The lowest BCUT2D eigenvalue weighted by Gasteiger charge is -1.97. The van der Waals surface area contributed by atoms with Crippen molar-refractivity contribution in [3.63, 3.8) is 0 Å². The van der Waals surface area contributed by atoms with E-state index in [1.165, 1.54) is 0 Å². The summed E-state index contributed by atoms with van der Waals surface area (Å²) in [5.41, 5.74) is 0. The summed E-state index contributed by atoms with van der Waals surface area (Å²) >= 11 is 0. The van der Waals surface area contributed by atoms with Gasteiger partial charge >= 0.3 is 0 Å². The summed E-state index contributed by atoms with van der Waals surface area (Å²) in [5, 5.41) is 16.3. The fourth-order valence-electron chi connectivity index (χ4n) is 0.809. The van der Waals surface area contributed by atoms with Crippen LogP contribution in [0.3, 0.4) is 0 Å². The van der Waals surface area contributed by atoms with E-state index in [1.54, 1.807) is 0 Å². The van der Waals surface area contributed by atoms with Crippen molar-refractivity contribution < 1.29 is 15.3 Å². The minimum Gasteiger partial charge on any atom is -0.396 e. The Kier molecular flexibility index (Phi) is 8.77. The van der Waals surface area contributed by atoms with Crippen LogP contribution in [0.5, 0.6) is 0 Å². The van der Waals surface area contributed by atoms with Gasteiger partial charge in [-0.3, -0.25) is 5.26 Å². The van der Waals surface area contributed by atoms with Crippen molar-refractivity contribution >= 4 is 0 Å². The summed E-state index contributed by atoms with van der Waals surface area (Å²) in [4.78, 5) is 3.90. The maximum atomic E-state index is 8.40. The Balaban J connectivity index is 2.65. The summed E-state index contributed by atoms with van der Waals surface area (Å²) in [6.07, 6.45) is 5.05. The Morgan fingerprint density at radius 2 is 1.50 bits per heavy atom. The monoisotopic (exact) mass is 148 g/mol. The second-order valence-electron chi connectivity index (χ2n) is 2.32. The van der Waals surface area contributed by atoms with Gasteiger partial charge in [0.25, 0.3) is 0 Å². The summed E-state index contributed by atoms with van der Waals surface area (Å²) in [5.74, 6) is 0. The van der Waals surface area contributed by atoms with Crippen LogP contribution in [0.1, 0.15) is 32.1 Å². The Hall–Kier alpha value is -0.120. The highest BCUT2D eigenvalue weighted by Crippen LogP contribution is 2.01. The Morgan fingerprint density at radius 1 is 0.900 bits per heavy atom. The lowest BCUT2D eigenvalue weighted by Crippen LogP contribution is -1.89. The molecule has 0 saturated carbocycles. The zero-order valence-electron chi connectivity index (χ0n) is 6.25. The van der Waals surface area contributed by atoms with E-state index in [-0.39, 0.29) is 6.61 Å². The molecule has 0 heterocycles. The molecule has 3 nitrogen and oxygen atoms in total. The second-order valence-corrected chi connectivity index (χ2v) is 2.32. The lowest BCUT2D eigenvalue weighted by molar-refractivity contribution is -0.242. The summed E-state index contributed by atoms with van der Waals surface area (Å²) < 4.78 is 0. The highest BCUT2D eigenvalue weighted by molar-refractivity contribution is 4.41. The van der Waals surface area contributed by atoms with Crippen LogP contribution < -0.4 is 0 Å². The first-order valence-corrected chi connectivity index (χ1v) is 3.79. The number of aliphatic hydroxyl groups excluding tert-OH is 1. The molecule has 3 heteroatoms. The molecule has 2 N–H and O–H groups in total. The molecular weight excluding hydrogens is 132 g/mol. The average Bonchev–Trinajstić information content (AvgIpc) is 1.97. The van der Waals surface area contributed by atoms with Gasteiger partial charge in [-0.25, -0.2) is 4.89 Å². The van der Waals surface area contributed by atoms with Crippen molar-refractivity contribution in [3.05, 3.63) is 0 Å². The fraction of sp³-hybridized carbons (Fsp3) is 1.00. The Morgan fingerprint density at radius 3 is 2.10 bits per heavy atom. The molecule has 0 aliphatic heterocycles. The van der Waals surface area contributed by atoms with E-state index >= 15 is 0 Å². The highest BCUT2D eigenvalue weighted by Gasteiger charge is 1.88. The van der Waals surface area contributed by atoms with Crippen LogP contribution in [0.15, 0.2) is 0 Å². The molecule has 0 aromatic carbocycles. The van der Waals surface area contributed by atoms with Gasteiger partial charge < -0.3 is 5.11 Å². The van der Waals surface area contributed by atoms with Gasteiger partial charge in [0.05, 0.1) is 6.61 Å². The topological polar surface area (TPSA) is 49.7 Å². The van der Waals surface area contributed by atoms with Gasteiger partial charge in [-0.15, -0.1) is 0 Å². The molecule has 0 radical (unpaired) electrons. The first-order valence-electron chi connectivity index (χ1n) is 3.79. The van der Waals surface area contributed by atoms with Crippen molar-refractivity contribution in [1.82, 2.24) is 0 Å². The molecular formula is C7H16O3. The largest absolute Gasteiger partial charge is 0.396 e. The minimum atomic E-state index is 0.288. The van der Waals surface area contributed by atoms with Crippen molar-refractivity contribution in [2.75, 3.05) is 13.2 Å². The van der Waals surface area contributed by atoms with Crippen molar-refractivity contribution in [3.8, 4) is 0 Å². The highest BCUT2D eigenvalue weighted by atomic mass is 17.1. The first-order chi connectivity index (χ1) is 4.91. The van der Waals surface area contributed by atoms with Gasteiger partial charge in [-0.2, -0.15) is 0 Å². The van der Waals surface area contributed by atoms with E-state index in [0.29, 0.717) is 6.61 Å². The van der Waals surface area contributed by atoms with E-state index in [2.05, 4.69) is 4.89 Å². The number of rotatable bonds is 7. The number of aliphatic hydroxyl groups is 1. The van der Waals surface area contributed by atoms with Crippen LogP contribution in [0.2, 0.25) is 0 Å². The molecule has 10 heavy (non-hydrogen) atoms. The van der Waals surface area contributed by atoms with Gasteiger partial charge in [0.2, 0.25) is 0 Å². The van der Waals surface area contributed by atoms with Crippen LogP contribution in [0, 0.1) is 0 Å². The predicted octanol–water partition coefficient (Wildman–Crippen LogP) is 1.42. The summed E-state index contributed by atoms with van der Waals surface area (Å²) in [6.45, 7) is 0.718. The molecule has 0 amide bonds. The third-order valence-electron chi connectivity index (χ3n) is 1.39. The molecule has 0 atom stereocenters. The van der Waals surface area contributed by atoms with Crippen LogP contribution in [-0.2, 0) is 4.89 Å². The lowest BCUT2D eigenvalue weighted by atomic mass is 10.2. The third kappa shape index (κ3) is 7.88. The van der Waals surface area contributed by atoms with Crippen molar-refractivity contribution in [2.45, 2.75) is 32.1 Å². The van der Waals surface area contributed by atoms with Crippen molar-refractivity contribution in [1.29, 1.82) is 0 Å². The predicted molar refractivity (Wildman–Crippen MR) is 38.8 cm³/mol. The molecule has 0 aromatic rings. The summed E-state index contributed by atoms with van der Waals surface area (Å²) in [7, 11) is 0. The van der Waals surface area contributed by atoms with Gasteiger partial charge in [-0.05, 0) is 12.8 Å². The number of hydrogen-bond donors (Lipinski definition) is 2. The molecule has 0 rings (SSSR count). The number of unbranched alkanes of at least 4 members (excludes halogenated alkanes) is 4. The van der Waals surface area contributed by atoms with Gasteiger partial charge in [0.1, 0.15) is 0 Å². The molecule has 0 bridgehead atoms. The third-order valence-corrected chi connectivity index (χ3v) is 1.39. The number of hydrogen-bond acceptors (Lipinski definition) is 3. The molecule has 0 aliphatic rings. The molecule has 0 fully saturated rings. The van der Waals surface area contributed by atoms with Gasteiger partial charge in [0, 0.05) is 6.61 Å². The second kappa shape index (κ2) is 8.88. The van der Waals surface area contributed by atoms with Crippen LogP contribution >= 0.6 is 0 Å². The van der Waals surface area contributed by atoms with E-state index in [4.69, 9.17) is 10.4 Å². The van der Waals surface area contributed by atoms with E-state index < -0.39 is 0 Å². The smallest absolute Gasteiger partial charge is 0.0819 e.